The van der Waals surface area contributed by atoms with Crippen LogP contribution in [0.2, 0.25) is 0 Å². The lowest BCUT2D eigenvalue weighted by Crippen LogP contribution is -2.22. The van der Waals surface area contributed by atoms with Crippen LogP contribution in [-0.4, -0.2) is 13.7 Å². The Balaban J connectivity index is 2.67. The SMILES string of the molecule is CCCCCCCC(NCCC)c1cc(OC)ccc1Br. The highest BCUT2D eigenvalue weighted by Crippen LogP contribution is 2.30. The van der Waals surface area contributed by atoms with E-state index in [2.05, 4.69) is 47.2 Å². The maximum Gasteiger partial charge on any atom is 0.119 e. The van der Waals surface area contributed by atoms with E-state index in [1.54, 1.807) is 7.11 Å². The minimum Gasteiger partial charge on any atom is -0.497 e. The molecule has 0 radical (unpaired) electrons. The molecular formula is C18H30BrNO. The van der Waals surface area contributed by atoms with Gasteiger partial charge in [-0.05, 0) is 43.1 Å². The molecule has 1 N–H and O–H groups in total. The number of hydrogen-bond donors (Lipinski definition) is 1. The minimum atomic E-state index is 0.413. The fourth-order valence-corrected chi connectivity index (χ4v) is 3.08. The Morgan fingerprint density at radius 3 is 2.52 bits per heavy atom. The molecule has 0 aliphatic heterocycles. The topological polar surface area (TPSA) is 21.3 Å². The van der Waals surface area contributed by atoms with Gasteiger partial charge in [-0.15, -0.1) is 0 Å². The Labute approximate surface area is 138 Å². The first-order chi connectivity index (χ1) is 10.2. The van der Waals surface area contributed by atoms with Gasteiger partial charge in [-0.3, -0.25) is 0 Å². The molecule has 0 saturated carbocycles. The second-order valence-electron chi connectivity index (χ2n) is 5.60. The van der Waals surface area contributed by atoms with E-state index in [9.17, 15) is 0 Å². The Morgan fingerprint density at radius 2 is 1.86 bits per heavy atom. The van der Waals surface area contributed by atoms with Crippen LogP contribution in [0.4, 0.5) is 0 Å². The third-order valence-corrected chi connectivity index (χ3v) is 4.54. The molecule has 0 aromatic heterocycles. The van der Waals surface area contributed by atoms with Gasteiger partial charge in [0.1, 0.15) is 5.75 Å². The number of benzene rings is 1. The van der Waals surface area contributed by atoms with Crippen LogP contribution >= 0.6 is 15.9 Å². The first-order valence-electron chi connectivity index (χ1n) is 8.29. The summed E-state index contributed by atoms with van der Waals surface area (Å²) in [6.07, 6.45) is 8.99. The molecule has 0 amide bonds. The van der Waals surface area contributed by atoms with Crippen LogP contribution < -0.4 is 10.1 Å². The number of ether oxygens (including phenoxy) is 1. The molecule has 0 saturated heterocycles. The lowest BCUT2D eigenvalue weighted by Gasteiger charge is -2.21. The van der Waals surface area contributed by atoms with Crippen molar-refractivity contribution in [2.24, 2.45) is 0 Å². The summed E-state index contributed by atoms with van der Waals surface area (Å²) in [4.78, 5) is 0. The summed E-state index contributed by atoms with van der Waals surface area (Å²) in [5.74, 6) is 0.933. The third-order valence-electron chi connectivity index (χ3n) is 3.82. The van der Waals surface area contributed by atoms with Crippen molar-refractivity contribution in [3.8, 4) is 5.75 Å². The second-order valence-corrected chi connectivity index (χ2v) is 6.45. The molecule has 0 heterocycles. The normalized spacial score (nSPS) is 12.4. The van der Waals surface area contributed by atoms with Gasteiger partial charge >= 0.3 is 0 Å². The number of rotatable bonds is 11. The predicted molar refractivity (Wildman–Crippen MR) is 95.1 cm³/mol. The van der Waals surface area contributed by atoms with Gasteiger partial charge in [-0.2, -0.15) is 0 Å². The summed E-state index contributed by atoms with van der Waals surface area (Å²) in [6, 6.07) is 6.66. The second kappa shape index (κ2) is 11.1. The zero-order chi connectivity index (χ0) is 15.5. The summed E-state index contributed by atoms with van der Waals surface area (Å²) < 4.78 is 6.55. The maximum absolute atomic E-state index is 5.37. The van der Waals surface area contributed by atoms with Crippen molar-refractivity contribution < 1.29 is 4.74 Å². The maximum atomic E-state index is 5.37. The summed E-state index contributed by atoms with van der Waals surface area (Å²) in [5.41, 5.74) is 1.32. The van der Waals surface area contributed by atoms with E-state index in [1.165, 1.54) is 48.6 Å². The summed E-state index contributed by atoms with van der Waals surface area (Å²) in [7, 11) is 1.73. The molecule has 120 valence electrons. The molecule has 1 aromatic rings. The van der Waals surface area contributed by atoms with Crippen molar-refractivity contribution in [3.05, 3.63) is 28.2 Å². The van der Waals surface area contributed by atoms with Gasteiger partial charge in [-0.1, -0.05) is 61.9 Å². The molecule has 0 spiro atoms. The summed E-state index contributed by atoms with van der Waals surface area (Å²) >= 11 is 3.69. The van der Waals surface area contributed by atoms with Gasteiger partial charge in [0.05, 0.1) is 7.11 Å². The van der Waals surface area contributed by atoms with Gasteiger partial charge in [0.25, 0.3) is 0 Å². The standard InChI is InChI=1S/C18H30BrNO/c1-4-6-7-8-9-10-18(20-13-5-2)16-14-15(21-3)11-12-17(16)19/h11-12,14,18,20H,4-10,13H2,1-3H3. The van der Waals surface area contributed by atoms with Crippen molar-refractivity contribution in [1.29, 1.82) is 0 Å². The highest BCUT2D eigenvalue weighted by Gasteiger charge is 2.14. The first kappa shape index (κ1) is 18.5. The lowest BCUT2D eigenvalue weighted by molar-refractivity contribution is 0.411. The van der Waals surface area contributed by atoms with Crippen molar-refractivity contribution in [2.45, 2.75) is 64.8 Å². The molecule has 2 nitrogen and oxygen atoms in total. The largest absolute Gasteiger partial charge is 0.497 e. The van der Waals surface area contributed by atoms with Crippen molar-refractivity contribution >= 4 is 15.9 Å². The van der Waals surface area contributed by atoms with Crippen LogP contribution in [0.3, 0.4) is 0 Å². The Kier molecular flexibility index (Phi) is 9.77. The van der Waals surface area contributed by atoms with E-state index in [0.29, 0.717) is 6.04 Å². The van der Waals surface area contributed by atoms with Gasteiger partial charge in [0.2, 0.25) is 0 Å². The highest BCUT2D eigenvalue weighted by atomic mass is 79.9. The molecular weight excluding hydrogens is 326 g/mol. The average molecular weight is 356 g/mol. The van der Waals surface area contributed by atoms with Crippen LogP contribution in [0.25, 0.3) is 0 Å². The number of hydrogen-bond acceptors (Lipinski definition) is 2. The number of unbranched alkanes of at least 4 members (excludes halogenated alkanes) is 4. The predicted octanol–water partition coefficient (Wildman–Crippen LogP) is 5.86. The zero-order valence-corrected chi connectivity index (χ0v) is 15.3. The molecule has 1 unspecified atom stereocenters. The number of halogens is 1. The van der Waals surface area contributed by atoms with Crippen molar-refractivity contribution in [1.82, 2.24) is 5.32 Å². The van der Waals surface area contributed by atoms with Crippen LogP contribution in [0, 0.1) is 0 Å². The molecule has 0 bridgehead atoms. The van der Waals surface area contributed by atoms with Crippen LogP contribution in [-0.2, 0) is 0 Å². The van der Waals surface area contributed by atoms with Gasteiger partial charge in [0.15, 0.2) is 0 Å². The molecule has 0 aliphatic rings. The van der Waals surface area contributed by atoms with Gasteiger partial charge < -0.3 is 10.1 Å². The summed E-state index contributed by atoms with van der Waals surface area (Å²) in [6.45, 7) is 5.54. The average Bonchev–Trinajstić information content (AvgIpc) is 2.51. The van der Waals surface area contributed by atoms with Crippen LogP contribution in [0.5, 0.6) is 5.75 Å². The molecule has 1 rings (SSSR count). The molecule has 3 heteroatoms. The minimum absolute atomic E-state index is 0.413. The fourth-order valence-electron chi connectivity index (χ4n) is 2.55. The van der Waals surface area contributed by atoms with Crippen LogP contribution in [0.1, 0.15) is 70.4 Å². The van der Waals surface area contributed by atoms with E-state index < -0.39 is 0 Å². The monoisotopic (exact) mass is 355 g/mol. The molecule has 21 heavy (non-hydrogen) atoms. The lowest BCUT2D eigenvalue weighted by atomic mass is 9.99. The molecule has 0 aliphatic carbocycles. The zero-order valence-electron chi connectivity index (χ0n) is 13.8. The van der Waals surface area contributed by atoms with E-state index in [0.717, 1.165) is 18.7 Å². The number of nitrogens with one attached hydrogen (secondary N) is 1. The van der Waals surface area contributed by atoms with E-state index in [1.807, 2.05) is 6.07 Å². The summed E-state index contributed by atoms with van der Waals surface area (Å²) in [5, 5.41) is 3.68. The fraction of sp³-hybridized carbons (Fsp3) is 0.667. The van der Waals surface area contributed by atoms with Crippen molar-refractivity contribution in [2.75, 3.05) is 13.7 Å². The Morgan fingerprint density at radius 1 is 1.10 bits per heavy atom. The van der Waals surface area contributed by atoms with Gasteiger partial charge in [0, 0.05) is 10.5 Å². The number of methoxy groups -OCH3 is 1. The quantitative estimate of drug-likeness (QED) is 0.502. The first-order valence-corrected chi connectivity index (χ1v) is 9.09. The Bertz CT molecular complexity index is 395. The third kappa shape index (κ3) is 6.84. The molecule has 0 fully saturated rings. The van der Waals surface area contributed by atoms with Crippen molar-refractivity contribution in [3.63, 3.8) is 0 Å². The van der Waals surface area contributed by atoms with E-state index in [-0.39, 0.29) is 0 Å². The van der Waals surface area contributed by atoms with Gasteiger partial charge in [-0.25, -0.2) is 0 Å². The smallest absolute Gasteiger partial charge is 0.119 e. The molecule has 1 aromatic carbocycles. The van der Waals surface area contributed by atoms with Crippen LogP contribution in [0.15, 0.2) is 22.7 Å². The molecule has 1 atom stereocenters. The Hall–Kier alpha value is -0.540. The van der Waals surface area contributed by atoms with E-state index >= 15 is 0 Å². The van der Waals surface area contributed by atoms with E-state index in [4.69, 9.17) is 4.74 Å². The highest BCUT2D eigenvalue weighted by molar-refractivity contribution is 9.10.